The molecule has 1 N–H and O–H groups in total. The summed E-state index contributed by atoms with van der Waals surface area (Å²) in [6.07, 6.45) is 3.95. The monoisotopic (exact) mass is 445 g/mol. The van der Waals surface area contributed by atoms with E-state index in [0.29, 0.717) is 5.56 Å². The second kappa shape index (κ2) is 6.37. The first-order chi connectivity index (χ1) is 11.7. The number of benzene rings is 2. The average Bonchev–Trinajstić information content (AvgIpc) is 3.17. The molecule has 118 valence electrons. The van der Waals surface area contributed by atoms with E-state index in [1.165, 1.54) is 0 Å². The summed E-state index contributed by atoms with van der Waals surface area (Å²) in [7, 11) is 0. The number of hydrogen-bond donors (Lipinski definition) is 1. The van der Waals surface area contributed by atoms with Crippen LogP contribution in [0.2, 0.25) is 0 Å². The quantitative estimate of drug-likeness (QED) is 0.455. The van der Waals surface area contributed by atoms with Gasteiger partial charge in [-0.25, -0.2) is 4.98 Å². The number of nitrogens with zero attached hydrogens (tertiary/aromatic N) is 2. The number of amides is 1. The maximum Gasteiger partial charge on any atom is 0.256 e. The normalized spacial score (nSPS) is 10.9. The topological polar surface area (TPSA) is 46.4 Å². The molecule has 6 heteroatoms. The number of aromatic nitrogens is 2. The lowest BCUT2D eigenvalue weighted by Crippen LogP contribution is -2.14. The van der Waals surface area contributed by atoms with Crippen molar-refractivity contribution in [1.82, 2.24) is 9.38 Å². The fraction of sp³-hybridized carbons (Fsp3) is 0. The fourth-order valence-corrected chi connectivity index (χ4v) is 3.84. The Morgan fingerprint density at radius 1 is 1.12 bits per heavy atom. The number of thiazole rings is 1. The van der Waals surface area contributed by atoms with Crippen LogP contribution in [0.25, 0.3) is 16.2 Å². The Kier molecular flexibility index (Phi) is 4.07. The van der Waals surface area contributed by atoms with Gasteiger partial charge in [0, 0.05) is 26.9 Å². The molecule has 0 aliphatic rings. The Balaban J connectivity index is 1.70. The van der Waals surface area contributed by atoms with E-state index in [9.17, 15) is 4.79 Å². The number of anilines is 1. The number of carbonyl (C=O) groups excluding carboxylic acids is 1. The van der Waals surface area contributed by atoms with Crippen LogP contribution in [0.3, 0.4) is 0 Å². The van der Waals surface area contributed by atoms with E-state index in [1.807, 2.05) is 70.7 Å². The Morgan fingerprint density at radius 3 is 2.75 bits per heavy atom. The summed E-state index contributed by atoms with van der Waals surface area (Å²) < 4.78 is 2.91. The zero-order chi connectivity index (χ0) is 16.5. The van der Waals surface area contributed by atoms with Gasteiger partial charge >= 0.3 is 0 Å². The minimum atomic E-state index is -0.117. The van der Waals surface area contributed by atoms with Gasteiger partial charge in [0.2, 0.25) is 0 Å². The van der Waals surface area contributed by atoms with E-state index >= 15 is 0 Å². The molecule has 0 bridgehead atoms. The summed E-state index contributed by atoms with van der Waals surface area (Å²) in [5.74, 6) is -0.117. The van der Waals surface area contributed by atoms with Gasteiger partial charge in [-0.05, 0) is 40.8 Å². The van der Waals surface area contributed by atoms with Crippen molar-refractivity contribution in [3.8, 4) is 11.3 Å². The molecule has 0 spiro atoms. The molecule has 0 radical (unpaired) electrons. The minimum Gasteiger partial charge on any atom is -0.321 e. The first kappa shape index (κ1) is 15.3. The molecule has 4 aromatic rings. The van der Waals surface area contributed by atoms with Gasteiger partial charge in [-0.15, -0.1) is 11.3 Å². The van der Waals surface area contributed by atoms with Crippen molar-refractivity contribution in [3.05, 3.63) is 75.4 Å². The summed E-state index contributed by atoms with van der Waals surface area (Å²) in [4.78, 5) is 18.2. The van der Waals surface area contributed by atoms with E-state index in [-0.39, 0.29) is 5.91 Å². The van der Waals surface area contributed by atoms with Gasteiger partial charge < -0.3 is 5.32 Å². The highest BCUT2D eigenvalue weighted by Crippen LogP contribution is 2.29. The number of nitrogens with one attached hydrogen (secondary N) is 1. The first-order valence-electron chi connectivity index (χ1n) is 7.30. The Bertz CT molecular complexity index is 1010. The molecule has 0 aliphatic heterocycles. The predicted octanol–water partition coefficient (Wildman–Crippen LogP) is 4.92. The molecule has 4 rings (SSSR count). The number of imidazole rings is 1. The maximum absolute atomic E-state index is 12.6. The summed E-state index contributed by atoms with van der Waals surface area (Å²) in [5, 5.41) is 5.01. The number of halogens is 1. The largest absolute Gasteiger partial charge is 0.321 e. The zero-order valence-corrected chi connectivity index (χ0v) is 15.4. The lowest BCUT2D eigenvalue weighted by atomic mass is 10.1. The van der Waals surface area contributed by atoms with Crippen molar-refractivity contribution in [2.45, 2.75) is 0 Å². The second-order valence-electron chi connectivity index (χ2n) is 5.20. The zero-order valence-electron chi connectivity index (χ0n) is 12.4. The standard InChI is InChI=1S/C18H12IN3OS/c19-14-7-3-1-5-12(14)17(23)20-15-8-4-2-6-13(15)16-11-22-9-10-24-18(22)21-16/h1-11H,(H,20,23). The van der Waals surface area contributed by atoms with Crippen LogP contribution in [-0.2, 0) is 0 Å². The third kappa shape index (κ3) is 2.83. The van der Waals surface area contributed by atoms with Gasteiger partial charge in [0.25, 0.3) is 5.91 Å². The van der Waals surface area contributed by atoms with Gasteiger partial charge in [-0.3, -0.25) is 9.20 Å². The summed E-state index contributed by atoms with van der Waals surface area (Å²) in [5.41, 5.74) is 3.18. The van der Waals surface area contributed by atoms with Crippen LogP contribution in [0.4, 0.5) is 5.69 Å². The number of para-hydroxylation sites is 1. The first-order valence-corrected chi connectivity index (χ1v) is 9.26. The Labute approximate surface area is 156 Å². The summed E-state index contributed by atoms with van der Waals surface area (Å²) in [6, 6.07) is 15.3. The van der Waals surface area contributed by atoms with Gasteiger partial charge in [-0.2, -0.15) is 0 Å². The molecule has 24 heavy (non-hydrogen) atoms. The molecule has 1 amide bonds. The SMILES string of the molecule is O=C(Nc1ccccc1-c1cn2ccsc2n1)c1ccccc1I. The van der Waals surface area contributed by atoms with E-state index in [2.05, 4.69) is 32.9 Å². The molecule has 0 saturated carbocycles. The number of hydrogen-bond acceptors (Lipinski definition) is 3. The van der Waals surface area contributed by atoms with Crippen LogP contribution in [0, 0.1) is 3.57 Å². The number of fused-ring (bicyclic) bond motifs is 1. The van der Waals surface area contributed by atoms with Crippen molar-refractivity contribution < 1.29 is 4.79 Å². The van der Waals surface area contributed by atoms with Crippen molar-refractivity contribution in [1.29, 1.82) is 0 Å². The number of rotatable bonds is 3. The van der Waals surface area contributed by atoms with Gasteiger partial charge in [-0.1, -0.05) is 30.3 Å². The molecule has 0 atom stereocenters. The van der Waals surface area contributed by atoms with Crippen molar-refractivity contribution >= 4 is 50.5 Å². The highest BCUT2D eigenvalue weighted by molar-refractivity contribution is 14.1. The molecule has 0 unspecified atom stereocenters. The van der Waals surface area contributed by atoms with Gasteiger partial charge in [0.05, 0.1) is 16.9 Å². The van der Waals surface area contributed by atoms with E-state index < -0.39 is 0 Å². The molecule has 2 heterocycles. The van der Waals surface area contributed by atoms with Gasteiger partial charge in [0.15, 0.2) is 4.96 Å². The predicted molar refractivity (Wildman–Crippen MR) is 106 cm³/mol. The molecule has 2 aromatic carbocycles. The van der Waals surface area contributed by atoms with Crippen LogP contribution in [0.1, 0.15) is 10.4 Å². The van der Waals surface area contributed by atoms with Crippen LogP contribution in [0.15, 0.2) is 66.3 Å². The third-order valence-corrected chi connectivity index (χ3v) is 5.37. The summed E-state index contributed by atoms with van der Waals surface area (Å²) in [6.45, 7) is 0. The highest BCUT2D eigenvalue weighted by Gasteiger charge is 2.14. The lowest BCUT2D eigenvalue weighted by molar-refractivity contribution is 0.102. The van der Waals surface area contributed by atoms with Crippen molar-refractivity contribution in [2.75, 3.05) is 5.32 Å². The van der Waals surface area contributed by atoms with Crippen LogP contribution < -0.4 is 5.32 Å². The molecule has 0 fully saturated rings. The van der Waals surface area contributed by atoms with Gasteiger partial charge in [0.1, 0.15) is 0 Å². The average molecular weight is 445 g/mol. The van der Waals surface area contributed by atoms with Crippen LogP contribution in [0.5, 0.6) is 0 Å². The molecule has 2 aromatic heterocycles. The Hall–Kier alpha value is -2.19. The minimum absolute atomic E-state index is 0.117. The lowest BCUT2D eigenvalue weighted by Gasteiger charge is -2.10. The van der Waals surface area contributed by atoms with E-state index in [1.54, 1.807) is 11.3 Å². The van der Waals surface area contributed by atoms with Crippen molar-refractivity contribution in [2.24, 2.45) is 0 Å². The van der Waals surface area contributed by atoms with Crippen LogP contribution >= 0.6 is 33.9 Å². The van der Waals surface area contributed by atoms with E-state index in [4.69, 9.17) is 0 Å². The maximum atomic E-state index is 12.6. The number of carbonyl (C=O) groups is 1. The third-order valence-electron chi connectivity index (χ3n) is 3.66. The molecule has 0 aliphatic carbocycles. The highest BCUT2D eigenvalue weighted by atomic mass is 127. The second-order valence-corrected chi connectivity index (χ2v) is 7.23. The molecular weight excluding hydrogens is 433 g/mol. The fourth-order valence-electron chi connectivity index (χ4n) is 2.51. The summed E-state index contributed by atoms with van der Waals surface area (Å²) >= 11 is 3.76. The molecule has 4 nitrogen and oxygen atoms in total. The Morgan fingerprint density at radius 2 is 1.92 bits per heavy atom. The van der Waals surface area contributed by atoms with Crippen molar-refractivity contribution in [3.63, 3.8) is 0 Å². The molecule has 0 saturated heterocycles. The van der Waals surface area contributed by atoms with Crippen LogP contribution in [-0.4, -0.2) is 15.3 Å². The van der Waals surface area contributed by atoms with E-state index in [0.717, 1.165) is 25.5 Å². The molecular formula is C18H12IN3OS. The smallest absolute Gasteiger partial charge is 0.256 e.